The monoisotopic (exact) mass is 279 g/mol. The molecule has 7 nitrogen and oxygen atoms in total. The first kappa shape index (κ1) is 14.3. The average molecular weight is 279 g/mol. The zero-order valence-electron chi connectivity index (χ0n) is 11.4. The van der Waals surface area contributed by atoms with Gasteiger partial charge in [-0.3, -0.25) is 14.9 Å². The molecule has 0 saturated carbocycles. The van der Waals surface area contributed by atoms with Gasteiger partial charge in [0.15, 0.2) is 0 Å². The van der Waals surface area contributed by atoms with E-state index in [4.69, 9.17) is 10.5 Å². The largest absolute Gasteiger partial charge is 0.399 e. The Morgan fingerprint density at radius 2 is 2.00 bits per heavy atom. The van der Waals surface area contributed by atoms with Crippen LogP contribution in [-0.2, 0) is 4.74 Å². The molecule has 0 unspecified atom stereocenters. The van der Waals surface area contributed by atoms with Crippen LogP contribution in [0.15, 0.2) is 18.2 Å². The van der Waals surface area contributed by atoms with E-state index >= 15 is 0 Å². The first-order valence-electron chi connectivity index (χ1n) is 6.37. The Kier molecular flexibility index (Phi) is 3.89. The molecule has 0 spiro atoms. The Morgan fingerprint density at radius 1 is 1.40 bits per heavy atom. The van der Waals surface area contributed by atoms with Crippen molar-refractivity contribution in [2.75, 3.05) is 18.8 Å². The third kappa shape index (κ3) is 2.88. The zero-order chi connectivity index (χ0) is 14.9. The van der Waals surface area contributed by atoms with Gasteiger partial charge < -0.3 is 15.4 Å². The van der Waals surface area contributed by atoms with Gasteiger partial charge in [-0.1, -0.05) is 0 Å². The summed E-state index contributed by atoms with van der Waals surface area (Å²) >= 11 is 0. The lowest BCUT2D eigenvalue weighted by molar-refractivity contribution is -0.385. The lowest BCUT2D eigenvalue weighted by Crippen LogP contribution is -2.48. The van der Waals surface area contributed by atoms with E-state index in [1.165, 1.54) is 18.2 Å². The fourth-order valence-electron chi connectivity index (χ4n) is 2.40. The zero-order valence-corrected chi connectivity index (χ0v) is 11.4. The molecule has 1 fully saturated rings. The highest BCUT2D eigenvalue weighted by molar-refractivity contribution is 5.99. The van der Waals surface area contributed by atoms with Crippen LogP contribution < -0.4 is 5.73 Å². The normalized spacial score (nSPS) is 22.6. The van der Waals surface area contributed by atoms with Crippen LogP contribution in [0.2, 0.25) is 0 Å². The molecule has 1 amide bonds. The van der Waals surface area contributed by atoms with Gasteiger partial charge in [0.1, 0.15) is 5.56 Å². The SMILES string of the molecule is C[C@@H]1CN(C(=O)c2cc(N)ccc2[N+](=O)[O-])C[C@H](C)O1. The van der Waals surface area contributed by atoms with E-state index < -0.39 is 4.92 Å². The highest BCUT2D eigenvalue weighted by atomic mass is 16.6. The van der Waals surface area contributed by atoms with Crippen LogP contribution in [0, 0.1) is 10.1 Å². The maximum Gasteiger partial charge on any atom is 0.282 e. The van der Waals surface area contributed by atoms with Crippen molar-refractivity contribution in [2.24, 2.45) is 0 Å². The van der Waals surface area contributed by atoms with Gasteiger partial charge in [-0.05, 0) is 26.0 Å². The minimum Gasteiger partial charge on any atom is -0.399 e. The molecule has 0 aliphatic carbocycles. The number of carbonyl (C=O) groups excluding carboxylic acids is 1. The van der Waals surface area contributed by atoms with Crippen molar-refractivity contribution in [3.8, 4) is 0 Å². The molecule has 0 aromatic heterocycles. The number of nitrogens with two attached hydrogens (primary N) is 1. The van der Waals surface area contributed by atoms with E-state index in [1.54, 1.807) is 4.90 Å². The summed E-state index contributed by atoms with van der Waals surface area (Å²) in [4.78, 5) is 24.5. The van der Waals surface area contributed by atoms with Gasteiger partial charge in [-0.15, -0.1) is 0 Å². The second-order valence-electron chi connectivity index (χ2n) is 5.00. The van der Waals surface area contributed by atoms with Crippen molar-refractivity contribution in [3.63, 3.8) is 0 Å². The molecule has 1 aromatic carbocycles. The number of anilines is 1. The number of nitro benzene ring substituents is 1. The van der Waals surface area contributed by atoms with Crippen LogP contribution in [0.1, 0.15) is 24.2 Å². The van der Waals surface area contributed by atoms with Crippen LogP contribution in [-0.4, -0.2) is 41.0 Å². The van der Waals surface area contributed by atoms with E-state index in [2.05, 4.69) is 0 Å². The number of nitrogens with zero attached hydrogens (tertiary/aromatic N) is 2. The molecule has 1 saturated heterocycles. The molecule has 2 rings (SSSR count). The van der Waals surface area contributed by atoms with Crippen molar-refractivity contribution in [1.82, 2.24) is 4.90 Å². The molecule has 0 bridgehead atoms. The van der Waals surface area contributed by atoms with Crippen molar-refractivity contribution in [3.05, 3.63) is 33.9 Å². The third-order valence-electron chi connectivity index (χ3n) is 3.15. The average Bonchev–Trinajstić information content (AvgIpc) is 2.36. The number of hydrogen-bond acceptors (Lipinski definition) is 5. The van der Waals surface area contributed by atoms with Gasteiger partial charge in [-0.2, -0.15) is 0 Å². The number of ether oxygens (including phenoxy) is 1. The number of amides is 1. The molecule has 20 heavy (non-hydrogen) atoms. The number of morpholine rings is 1. The Labute approximate surface area is 116 Å². The standard InChI is InChI=1S/C13H17N3O4/c1-8-6-15(7-9(2)20-8)13(17)11-5-10(14)3-4-12(11)16(18)19/h3-5,8-9H,6-7,14H2,1-2H3/t8-,9+. The first-order chi connectivity index (χ1) is 9.38. The number of carbonyl (C=O) groups is 1. The van der Waals surface area contributed by atoms with Crippen LogP contribution in [0.25, 0.3) is 0 Å². The molecule has 1 aliphatic heterocycles. The van der Waals surface area contributed by atoms with E-state index in [-0.39, 0.29) is 29.4 Å². The van der Waals surface area contributed by atoms with Gasteiger partial charge in [0.25, 0.3) is 11.6 Å². The van der Waals surface area contributed by atoms with Crippen LogP contribution in [0.3, 0.4) is 0 Å². The number of benzene rings is 1. The van der Waals surface area contributed by atoms with Crippen molar-refractivity contribution in [1.29, 1.82) is 0 Å². The molecular formula is C13H17N3O4. The lowest BCUT2D eigenvalue weighted by atomic mass is 10.1. The van der Waals surface area contributed by atoms with Crippen molar-refractivity contribution >= 4 is 17.3 Å². The van der Waals surface area contributed by atoms with Crippen LogP contribution in [0.4, 0.5) is 11.4 Å². The predicted molar refractivity (Wildman–Crippen MR) is 73.4 cm³/mol. The topological polar surface area (TPSA) is 98.7 Å². The second kappa shape index (κ2) is 5.46. The summed E-state index contributed by atoms with van der Waals surface area (Å²) in [6, 6.07) is 4.03. The number of hydrogen-bond donors (Lipinski definition) is 1. The van der Waals surface area contributed by atoms with Gasteiger partial charge >= 0.3 is 0 Å². The minimum absolute atomic E-state index is 0.0244. The van der Waals surface area contributed by atoms with Gasteiger partial charge in [0.05, 0.1) is 17.1 Å². The van der Waals surface area contributed by atoms with E-state index in [9.17, 15) is 14.9 Å². The highest BCUT2D eigenvalue weighted by Gasteiger charge is 2.30. The Morgan fingerprint density at radius 3 is 2.55 bits per heavy atom. The minimum atomic E-state index is -0.569. The molecule has 0 radical (unpaired) electrons. The Hall–Kier alpha value is -2.15. The number of nitrogen functional groups attached to an aromatic ring is 1. The predicted octanol–water partition coefficient (Wildman–Crippen LogP) is 1.43. The van der Waals surface area contributed by atoms with E-state index in [0.717, 1.165) is 0 Å². The molecule has 1 aliphatic rings. The van der Waals surface area contributed by atoms with E-state index in [1.807, 2.05) is 13.8 Å². The molecular weight excluding hydrogens is 262 g/mol. The quantitative estimate of drug-likeness (QED) is 0.501. The summed E-state index contributed by atoms with van der Waals surface area (Å²) < 4.78 is 5.55. The summed E-state index contributed by atoms with van der Waals surface area (Å²) in [6.07, 6.45) is -0.189. The highest BCUT2D eigenvalue weighted by Crippen LogP contribution is 2.24. The summed E-state index contributed by atoms with van der Waals surface area (Å²) in [6.45, 7) is 4.55. The maximum absolute atomic E-state index is 12.5. The molecule has 1 aromatic rings. The maximum atomic E-state index is 12.5. The number of rotatable bonds is 2. The molecule has 108 valence electrons. The molecule has 7 heteroatoms. The van der Waals surface area contributed by atoms with Crippen LogP contribution >= 0.6 is 0 Å². The smallest absolute Gasteiger partial charge is 0.282 e. The van der Waals surface area contributed by atoms with Crippen molar-refractivity contribution < 1.29 is 14.5 Å². The van der Waals surface area contributed by atoms with Crippen molar-refractivity contribution in [2.45, 2.75) is 26.1 Å². The molecule has 2 N–H and O–H groups in total. The lowest BCUT2D eigenvalue weighted by Gasteiger charge is -2.35. The molecule has 2 atom stereocenters. The Bertz CT molecular complexity index is 536. The summed E-state index contributed by atoms with van der Waals surface area (Å²) in [7, 11) is 0. The van der Waals surface area contributed by atoms with Crippen LogP contribution in [0.5, 0.6) is 0 Å². The third-order valence-corrected chi connectivity index (χ3v) is 3.15. The Balaban J connectivity index is 2.33. The van der Waals surface area contributed by atoms with Gasteiger partial charge in [-0.25, -0.2) is 0 Å². The van der Waals surface area contributed by atoms with Gasteiger partial charge in [0.2, 0.25) is 0 Å². The summed E-state index contributed by atoms with van der Waals surface area (Å²) in [5.74, 6) is -0.383. The van der Waals surface area contributed by atoms with E-state index in [0.29, 0.717) is 18.8 Å². The summed E-state index contributed by atoms with van der Waals surface area (Å²) in [5, 5.41) is 11.0. The fraction of sp³-hybridized carbons (Fsp3) is 0.462. The van der Waals surface area contributed by atoms with Gasteiger partial charge in [0, 0.05) is 24.8 Å². The number of nitro groups is 1. The second-order valence-corrected chi connectivity index (χ2v) is 5.00. The molecule has 1 heterocycles. The first-order valence-corrected chi connectivity index (χ1v) is 6.37. The summed E-state index contributed by atoms with van der Waals surface area (Å²) in [5.41, 5.74) is 5.76. The fourth-order valence-corrected chi connectivity index (χ4v) is 2.40.